The topological polar surface area (TPSA) is 60.4 Å². The molecule has 1 heterocycles. The summed E-state index contributed by atoms with van der Waals surface area (Å²) >= 11 is 0. The van der Waals surface area contributed by atoms with Crippen LogP contribution in [0.3, 0.4) is 0 Å². The van der Waals surface area contributed by atoms with E-state index < -0.39 is 18.0 Å². The number of carbonyl (C=O) groups excluding carboxylic acids is 3. The minimum atomic E-state index is -1.65. The van der Waals surface area contributed by atoms with Gasteiger partial charge in [-0.25, -0.2) is 9.59 Å². The van der Waals surface area contributed by atoms with Crippen molar-refractivity contribution in [1.82, 2.24) is 0 Å². The van der Waals surface area contributed by atoms with Gasteiger partial charge in [-0.1, -0.05) is 0 Å². The summed E-state index contributed by atoms with van der Waals surface area (Å²) in [5, 5.41) is 0. The van der Waals surface area contributed by atoms with E-state index >= 15 is 0 Å². The quantitative estimate of drug-likeness (QED) is 0.381. The Morgan fingerprint density at radius 3 is 2.43 bits per heavy atom. The molecule has 0 N–H and O–H groups in total. The molecule has 5 heteroatoms. The molecule has 0 spiro atoms. The zero-order chi connectivity index (χ0) is 10.3. The molecular weight excluding hydrogens is 191 g/mol. The summed E-state index contributed by atoms with van der Waals surface area (Å²) in [6.45, 7) is 0. The zero-order valence-electron chi connectivity index (χ0n) is 6.74. The average molecular weight is 194 g/mol. The first kappa shape index (κ1) is 8.55. The van der Waals surface area contributed by atoms with Gasteiger partial charge in [0.2, 0.25) is 0 Å². The standard InChI is InChI=1S/C9H3FO4/c10-7(11)4-1-2-5-6(3-4)9(13)14-8(5)12/h1-3H. The van der Waals surface area contributed by atoms with Crippen LogP contribution in [0, 0.1) is 0 Å². The van der Waals surface area contributed by atoms with E-state index in [-0.39, 0.29) is 16.7 Å². The minimum Gasteiger partial charge on any atom is -0.386 e. The number of cyclic esters (lactones) is 2. The van der Waals surface area contributed by atoms with E-state index in [1.165, 1.54) is 6.07 Å². The second-order valence-electron chi connectivity index (χ2n) is 2.71. The number of halogens is 1. The van der Waals surface area contributed by atoms with Crippen molar-refractivity contribution in [2.24, 2.45) is 0 Å². The van der Waals surface area contributed by atoms with Crippen LogP contribution >= 0.6 is 0 Å². The molecule has 4 nitrogen and oxygen atoms in total. The SMILES string of the molecule is O=C(F)c1ccc2c(c1)C(=O)OC2=O. The number of benzene rings is 1. The smallest absolute Gasteiger partial charge is 0.346 e. The first-order chi connectivity index (χ1) is 6.59. The van der Waals surface area contributed by atoms with Crippen LogP contribution in [0.15, 0.2) is 18.2 Å². The molecule has 70 valence electrons. The van der Waals surface area contributed by atoms with Crippen LogP contribution in [0.4, 0.5) is 4.39 Å². The maximum atomic E-state index is 12.3. The molecule has 1 aromatic rings. The number of carbonyl (C=O) groups is 3. The molecule has 0 bridgehead atoms. The van der Waals surface area contributed by atoms with Gasteiger partial charge in [-0.3, -0.25) is 4.79 Å². The highest BCUT2D eigenvalue weighted by molar-refractivity contribution is 6.15. The van der Waals surface area contributed by atoms with Gasteiger partial charge in [-0.05, 0) is 18.2 Å². The third-order valence-corrected chi connectivity index (χ3v) is 1.87. The summed E-state index contributed by atoms with van der Waals surface area (Å²) in [4.78, 5) is 32.2. The van der Waals surface area contributed by atoms with Gasteiger partial charge < -0.3 is 4.74 Å². The zero-order valence-corrected chi connectivity index (χ0v) is 6.74. The van der Waals surface area contributed by atoms with Crippen LogP contribution < -0.4 is 0 Å². The number of hydrogen-bond donors (Lipinski definition) is 0. The molecule has 0 saturated heterocycles. The maximum absolute atomic E-state index is 12.3. The molecule has 0 amide bonds. The molecule has 2 rings (SSSR count). The summed E-state index contributed by atoms with van der Waals surface area (Å²) in [5.41, 5.74) is -0.283. The molecule has 1 aliphatic rings. The lowest BCUT2D eigenvalue weighted by Crippen LogP contribution is -1.97. The van der Waals surface area contributed by atoms with Gasteiger partial charge in [0.15, 0.2) is 0 Å². The van der Waals surface area contributed by atoms with Crippen molar-refractivity contribution in [2.75, 3.05) is 0 Å². The van der Waals surface area contributed by atoms with E-state index in [1.54, 1.807) is 0 Å². The van der Waals surface area contributed by atoms with Crippen molar-refractivity contribution in [2.45, 2.75) is 0 Å². The predicted molar refractivity (Wildman–Crippen MR) is 41.6 cm³/mol. The van der Waals surface area contributed by atoms with Crippen molar-refractivity contribution >= 4 is 18.0 Å². The molecule has 0 saturated carbocycles. The Morgan fingerprint density at radius 2 is 1.79 bits per heavy atom. The van der Waals surface area contributed by atoms with Gasteiger partial charge in [-0.15, -0.1) is 0 Å². The fourth-order valence-corrected chi connectivity index (χ4v) is 1.21. The van der Waals surface area contributed by atoms with E-state index in [1.807, 2.05) is 0 Å². The van der Waals surface area contributed by atoms with Gasteiger partial charge in [-0.2, -0.15) is 4.39 Å². The Kier molecular flexibility index (Phi) is 1.67. The molecule has 1 aromatic carbocycles. The summed E-state index contributed by atoms with van der Waals surface area (Å²) in [6, 6.07) is 1.67. The number of esters is 2. The molecule has 0 atom stereocenters. The Morgan fingerprint density at radius 1 is 1.14 bits per heavy atom. The number of rotatable bonds is 1. The van der Waals surface area contributed by atoms with Gasteiger partial charge >= 0.3 is 18.0 Å². The largest absolute Gasteiger partial charge is 0.386 e. The third kappa shape index (κ3) is 1.10. The van der Waals surface area contributed by atoms with Gasteiger partial charge in [0.1, 0.15) is 0 Å². The summed E-state index contributed by atoms with van der Waals surface area (Å²) in [6.07, 6.45) is 0. The van der Waals surface area contributed by atoms with E-state index in [2.05, 4.69) is 4.74 Å². The Bertz CT molecular complexity index is 464. The highest BCUT2D eigenvalue weighted by Gasteiger charge is 2.30. The normalized spacial score (nSPS) is 13.8. The highest BCUT2D eigenvalue weighted by Crippen LogP contribution is 2.21. The number of fused-ring (bicyclic) bond motifs is 1. The summed E-state index contributed by atoms with van der Waals surface area (Å²) in [5.74, 6) is -1.63. The van der Waals surface area contributed by atoms with E-state index in [0.29, 0.717) is 0 Å². The van der Waals surface area contributed by atoms with Gasteiger partial charge in [0, 0.05) is 0 Å². The van der Waals surface area contributed by atoms with Crippen LogP contribution in [0.2, 0.25) is 0 Å². The van der Waals surface area contributed by atoms with Crippen LogP contribution in [-0.4, -0.2) is 18.0 Å². The molecule has 0 radical (unpaired) electrons. The molecule has 0 unspecified atom stereocenters. The van der Waals surface area contributed by atoms with Crippen LogP contribution in [0.5, 0.6) is 0 Å². The van der Waals surface area contributed by atoms with Crippen molar-refractivity contribution < 1.29 is 23.5 Å². The first-order valence-corrected chi connectivity index (χ1v) is 3.70. The van der Waals surface area contributed by atoms with Crippen molar-refractivity contribution in [3.8, 4) is 0 Å². The van der Waals surface area contributed by atoms with E-state index in [0.717, 1.165) is 12.1 Å². The lowest BCUT2D eigenvalue weighted by atomic mass is 10.1. The summed E-state index contributed by atoms with van der Waals surface area (Å²) in [7, 11) is 0. The molecule has 1 aliphatic heterocycles. The Balaban J connectivity index is 2.61. The third-order valence-electron chi connectivity index (χ3n) is 1.87. The first-order valence-electron chi connectivity index (χ1n) is 3.70. The molecule has 0 aliphatic carbocycles. The van der Waals surface area contributed by atoms with E-state index in [4.69, 9.17) is 0 Å². The van der Waals surface area contributed by atoms with Crippen molar-refractivity contribution in [3.63, 3.8) is 0 Å². The van der Waals surface area contributed by atoms with Gasteiger partial charge in [0.05, 0.1) is 16.7 Å². The summed E-state index contributed by atoms with van der Waals surface area (Å²) < 4.78 is 16.5. The van der Waals surface area contributed by atoms with Crippen LogP contribution in [-0.2, 0) is 4.74 Å². The number of hydrogen-bond acceptors (Lipinski definition) is 4. The minimum absolute atomic E-state index is 0.0556. The fourth-order valence-electron chi connectivity index (χ4n) is 1.21. The van der Waals surface area contributed by atoms with Crippen molar-refractivity contribution in [3.05, 3.63) is 34.9 Å². The molecular formula is C9H3FO4. The van der Waals surface area contributed by atoms with Gasteiger partial charge in [0.25, 0.3) is 0 Å². The van der Waals surface area contributed by atoms with E-state index in [9.17, 15) is 18.8 Å². The average Bonchev–Trinajstić information content (AvgIpc) is 2.42. The Hall–Kier alpha value is -2.04. The fraction of sp³-hybridized carbons (Fsp3) is 0. The molecule has 0 aromatic heterocycles. The lowest BCUT2D eigenvalue weighted by molar-refractivity contribution is 0.0443. The highest BCUT2D eigenvalue weighted by atomic mass is 19.1. The number of ether oxygens (including phenoxy) is 1. The monoisotopic (exact) mass is 194 g/mol. The molecule has 0 fully saturated rings. The Labute approximate surface area is 77.3 Å². The lowest BCUT2D eigenvalue weighted by Gasteiger charge is -1.93. The van der Waals surface area contributed by atoms with Crippen molar-refractivity contribution in [1.29, 1.82) is 0 Å². The second-order valence-corrected chi connectivity index (χ2v) is 2.71. The molecule has 14 heavy (non-hydrogen) atoms. The second kappa shape index (κ2) is 2.73. The predicted octanol–water partition coefficient (Wildman–Crippen LogP) is 1.11. The maximum Gasteiger partial charge on any atom is 0.346 e. The van der Waals surface area contributed by atoms with Crippen LogP contribution in [0.1, 0.15) is 31.1 Å². The van der Waals surface area contributed by atoms with Crippen LogP contribution in [0.25, 0.3) is 0 Å².